The molecule has 0 radical (unpaired) electrons. The molecule has 0 aromatic carbocycles. The summed E-state index contributed by atoms with van der Waals surface area (Å²) < 4.78 is 0. The molecule has 1 saturated heterocycles. The van der Waals surface area contributed by atoms with Crippen molar-refractivity contribution in [3.8, 4) is 0 Å². The van der Waals surface area contributed by atoms with E-state index in [1.165, 1.54) is 18.2 Å². The third-order valence-corrected chi connectivity index (χ3v) is 4.34. The fraction of sp³-hybridized carbons (Fsp3) is 0.500. The summed E-state index contributed by atoms with van der Waals surface area (Å²) in [6.07, 6.45) is 2.36. The van der Waals surface area contributed by atoms with Gasteiger partial charge in [0.05, 0.1) is 5.56 Å². The van der Waals surface area contributed by atoms with Crippen LogP contribution in [0.25, 0.3) is 0 Å². The molecule has 0 spiro atoms. The Balaban J connectivity index is 1.96. The average molecular weight is 292 g/mol. The van der Waals surface area contributed by atoms with E-state index in [2.05, 4.69) is 15.5 Å². The molecule has 4 nitrogen and oxygen atoms in total. The molecule has 1 amide bonds. The third-order valence-electron chi connectivity index (χ3n) is 2.48. The van der Waals surface area contributed by atoms with Gasteiger partial charge in [0, 0.05) is 11.8 Å². The van der Waals surface area contributed by atoms with Crippen LogP contribution in [0.2, 0.25) is 10.3 Å². The number of halogens is 2. The first-order chi connectivity index (χ1) is 8.16. The number of aromatic nitrogens is 2. The number of nitrogens with one attached hydrogen (secondary N) is 1. The maximum atomic E-state index is 11.8. The Hall–Kier alpha value is -0.520. The van der Waals surface area contributed by atoms with Crippen molar-refractivity contribution < 1.29 is 4.79 Å². The second-order valence-corrected chi connectivity index (χ2v) is 5.87. The molecule has 1 aliphatic rings. The Morgan fingerprint density at radius 3 is 3.06 bits per heavy atom. The van der Waals surface area contributed by atoms with Gasteiger partial charge < -0.3 is 5.32 Å². The SMILES string of the molecule is O=C(NCC1CCCS1)c1cc(Cl)nnc1Cl. The van der Waals surface area contributed by atoms with E-state index in [9.17, 15) is 4.79 Å². The van der Waals surface area contributed by atoms with Crippen LogP contribution in [0, 0.1) is 0 Å². The summed E-state index contributed by atoms with van der Waals surface area (Å²) in [5.41, 5.74) is 0.273. The Morgan fingerprint density at radius 1 is 1.53 bits per heavy atom. The van der Waals surface area contributed by atoms with Crippen molar-refractivity contribution in [1.29, 1.82) is 0 Å². The van der Waals surface area contributed by atoms with Gasteiger partial charge in [-0.1, -0.05) is 23.2 Å². The zero-order valence-corrected chi connectivity index (χ0v) is 11.3. The number of nitrogens with zero attached hydrogens (tertiary/aromatic N) is 2. The number of carbonyl (C=O) groups is 1. The van der Waals surface area contributed by atoms with Crippen LogP contribution in [0.15, 0.2) is 6.07 Å². The van der Waals surface area contributed by atoms with Gasteiger partial charge in [-0.15, -0.1) is 10.2 Å². The summed E-state index contributed by atoms with van der Waals surface area (Å²) in [5, 5.41) is 10.7. The normalized spacial score (nSPS) is 19.3. The van der Waals surface area contributed by atoms with Crippen molar-refractivity contribution in [2.75, 3.05) is 12.3 Å². The van der Waals surface area contributed by atoms with Gasteiger partial charge in [0.15, 0.2) is 10.3 Å². The minimum atomic E-state index is -0.251. The summed E-state index contributed by atoms with van der Waals surface area (Å²) in [7, 11) is 0. The second-order valence-electron chi connectivity index (χ2n) is 3.72. The lowest BCUT2D eigenvalue weighted by Crippen LogP contribution is -2.30. The highest BCUT2D eigenvalue weighted by Crippen LogP contribution is 2.25. The summed E-state index contributed by atoms with van der Waals surface area (Å²) in [6.45, 7) is 0.653. The van der Waals surface area contributed by atoms with Crippen LogP contribution in [0.5, 0.6) is 0 Å². The maximum Gasteiger partial charge on any atom is 0.254 e. The van der Waals surface area contributed by atoms with Crippen LogP contribution in [-0.4, -0.2) is 33.7 Å². The molecule has 2 heterocycles. The summed E-state index contributed by atoms with van der Waals surface area (Å²) >= 11 is 13.3. The van der Waals surface area contributed by atoms with E-state index in [1.54, 1.807) is 0 Å². The number of amides is 1. The summed E-state index contributed by atoms with van der Waals surface area (Å²) in [4.78, 5) is 11.8. The lowest BCUT2D eigenvalue weighted by Gasteiger charge is -2.10. The summed E-state index contributed by atoms with van der Waals surface area (Å²) in [6, 6.07) is 1.42. The van der Waals surface area contributed by atoms with Crippen LogP contribution in [0.1, 0.15) is 23.2 Å². The van der Waals surface area contributed by atoms with Crippen molar-refractivity contribution in [2.45, 2.75) is 18.1 Å². The quantitative estimate of drug-likeness (QED) is 0.929. The van der Waals surface area contributed by atoms with E-state index < -0.39 is 0 Å². The number of carbonyl (C=O) groups excluding carboxylic acids is 1. The fourth-order valence-corrected chi connectivity index (χ4v) is 3.15. The largest absolute Gasteiger partial charge is 0.351 e. The van der Waals surface area contributed by atoms with E-state index in [0.717, 1.165) is 6.42 Å². The number of hydrogen-bond acceptors (Lipinski definition) is 4. The van der Waals surface area contributed by atoms with Crippen molar-refractivity contribution in [3.05, 3.63) is 21.9 Å². The molecule has 17 heavy (non-hydrogen) atoms. The van der Waals surface area contributed by atoms with Gasteiger partial charge in [-0.25, -0.2) is 0 Å². The van der Waals surface area contributed by atoms with Crippen LogP contribution in [-0.2, 0) is 0 Å². The average Bonchev–Trinajstić information content (AvgIpc) is 2.82. The first-order valence-corrected chi connectivity index (χ1v) is 7.06. The lowest BCUT2D eigenvalue weighted by molar-refractivity contribution is 0.0953. The fourth-order valence-electron chi connectivity index (χ4n) is 1.62. The zero-order chi connectivity index (χ0) is 12.3. The van der Waals surface area contributed by atoms with Gasteiger partial charge in [0.25, 0.3) is 5.91 Å². The molecule has 1 aliphatic heterocycles. The predicted molar refractivity (Wildman–Crippen MR) is 69.9 cm³/mol. The molecule has 0 aliphatic carbocycles. The Bertz CT molecular complexity index is 424. The van der Waals surface area contributed by atoms with Crippen LogP contribution in [0.3, 0.4) is 0 Å². The minimum Gasteiger partial charge on any atom is -0.351 e. The van der Waals surface area contributed by atoms with E-state index in [0.29, 0.717) is 11.8 Å². The highest BCUT2D eigenvalue weighted by Gasteiger charge is 2.18. The topological polar surface area (TPSA) is 54.9 Å². The van der Waals surface area contributed by atoms with Gasteiger partial charge in [-0.05, 0) is 24.7 Å². The van der Waals surface area contributed by atoms with Crippen molar-refractivity contribution in [3.63, 3.8) is 0 Å². The van der Waals surface area contributed by atoms with Crippen molar-refractivity contribution >= 4 is 40.9 Å². The predicted octanol–water partition coefficient (Wildman–Crippen LogP) is 2.41. The van der Waals surface area contributed by atoms with Crippen molar-refractivity contribution in [1.82, 2.24) is 15.5 Å². The Morgan fingerprint density at radius 2 is 2.35 bits per heavy atom. The van der Waals surface area contributed by atoms with Gasteiger partial charge in [-0.3, -0.25) is 4.79 Å². The Labute approximate surface area is 113 Å². The maximum absolute atomic E-state index is 11.8. The first-order valence-electron chi connectivity index (χ1n) is 5.25. The zero-order valence-electron chi connectivity index (χ0n) is 8.95. The Kier molecular flexibility index (Phi) is 4.48. The van der Waals surface area contributed by atoms with Gasteiger partial charge in [0.2, 0.25) is 0 Å². The first kappa shape index (κ1) is 12.9. The molecule has 1 unspecified atom stereocenters. The molecule has 7 heteroatoms. The molecule has 1 aromatic heterocycles. The molecule has 92 valence electrons. The second kappa shape index (κ2) is 5.89. The van der Waals surface area contributed by atoms with Crippen LogP contribution >= 0.6 is 35.0 Å². The minimum absolute atomic E-state index is 0.0750. The van der Waals surface area contributed by atoms with Crippen molar-refractivity contribution in [2.24, 2.45) is 0 Å². The molecule has 2 rings (SSSR count). The third kappa shape index (κ3) is 3.47. The van der Waals surface area contributed by atoms with E-state index in [1.807, 2.05) is 11.8 Å². The highest BCUT2D eigenvalue weighted by molar-refractivity contribution is 8.00. The number of rotatable bonds is 3. The lowest BCUT2D eigenvalue weighted by atomic mass is 10.2. The molecule has 1 fully saturated rings. The molecule has 0 saturated carbocycles. The molecular formula is C10H11Cl2N3OS. The standard InChI is InChI=1S/C10H11Cl2N3OS/c11-8-4-7(9(12)15-14-8)10(16)13-5-6-2-1-3-17-6/h4,6H,1-3,5H2,(H,13,16). The monoisotopic (exact) mass is 291 g/mol. The van der Waals surface area contributed by atoms with Crippen LogP contribution < -0.4 is 5.32 Å². The molecule has 0 bridgehead atoms. The van der Waals surface area contributed by atoms with E-state index in [-0.39, 0.29) is 21.8 Å². The number of thioether (sulfide) groups is 1. The van der Waals surface area contributed by atoms with E-state index >= 15 is 0 Å². The van der Waals surface area contributed by atoms with Crippen LogP contribution in [0.4, 0.5) is 0 Å². The number of hydrogen-bond donors (Lipinski definition) is 1. The van der Waals surface area contributed by atoms with Gasteiger partial charge in [0.1, 0.15) is 0 Å². The molecule has 1 atom stereocenters. The molecule has 1 aromatic rings. The van der Waals surface area contributed by atoms with Gasteiger partial charge in [-0.2, -0.15) is 11.8 Å². The van der Waals surface area contributed by atoms with E-state index in [4.69, 9.17) is 23.2 Å². The van der Waals surface area contributed by atoms with Gasteiger partial charge >= 0.3 is 0 Å². The molecular weight excluding hydrogens is 281 g/mol. The highest BCUT2D eigenvalue weighted by atomic mass is 35.5. The smallest absolute Gasteiger partial charge is 0.254 e. The molecule has 1 N–H and O–H groups in total. The summed E-state index contributed by atoms with van der Waals surface area (Å²) in [5.74, 6) is 0.920.